The lowest BCUT2D eigenvalue weighted by atomic mass is 9.95. The first-order chi connectivity index (χ1) is 9.74. The largest absolute Gasteiger partial charge is 0.454 e. The van der Waals surface area contributed by atoms with E-state index in [-0.39, 0.29) is 11.6 Å². The van der Waals surface area contributed by atoms with Crippen molar-refractivity contribution in [3.63, 3.8) is 0 Å². The standard InChI is InChI=1S/C17H18FNO/c1-12-11-19-9-8-13-10-14(6-7-15(12)13)20-17-5-3-2-4-16(17)18/h2-7,10,12,19H,8-9,11H2,1H3. The van der Waals surface area contributed by atoms with Crippen molar-refractivity contribution in [1.82, 2.24) is 5.32 Å². The van der Waals surface area contributed by atoms with E-state index >= 15 is 0 Å². The van der Waals surface area contributed by atoms with Crippen molar-refractivity contribution in [2.24, 2.45) is 0 Å². The topological polar surface area (TPSA) is 21.3 Å². The predicted molar refractivity (Wildman–Crippen MR) is 77.9 cm³/mol. The Morgan fingerprint density at radius 2 is 2.05 bits per heavy atom. The monoisotopic (exact) mass is 271 g/mol. The molecule has 0 amide bonds. The number of ether oxygens (including phenoxy) is 1. The van der Waals surface area contributed by atoms with Gasteiger partial charge >= 0.3 is 0 Å². The maximum atomic E-state index is 13.6. The highest BCUT2D eigenvalue weighted by atomic mass is 19.1. The molecule has 0 fully saturated rings. The molecule has 3 rings (SSSR count). The molecule has 0 aliphatic carbocycles. The highest BCUT2D eigenvalue weighted by molar-refractivity contribution is 5.41. The fourth-order valence-electron chi connectivity index (χ4n) is 2.65. The Morgan fingerprint density at radius 3 is 2.90 bits per heavy atom. The third-order valence-corrected chi connectivity index (χ3v) is 3.73. The third-order valence-electron chi connectivity index (χ3n) is 3.73. The number of fused-ring (bicyclic) bond motifs is 1. The molecule has 104 valence electrons. The van der Waals surface area contributed by atoms with Crippen LogP contribution in [0.2, 0.25) is 0 Å². The van der Waals surface area contributed by atoms with Gasteiger partial charge in [-0.15, -0.1) is 0 Å². The number of hydrogen-bond donors (Lipinski definition) is 1. The van der Waals surface area contributed by atoms with Gasteiger partial charge in [-0.1, -0.05) is 25.1 Å². The van der Waals surface area contributed by atoms with E-state index in [1.807, 2.05) is 12.1 Å². The molecule has 0 saturated carbocycles. The molecule has 1 heterocycles. The molecule has 1 aliphatic rings. The van der Waals surface area contributed by atoms with E-state index in [1.54, 1.807) is 18.2 Å². The number of nitrogens with one attached hydrogen (secondary N) is 1. The molecule has 2 aromatic carbocycles. The first-order valence-electron chi connectivity index (χ1n) is 7.00. The van der Waals surface area contributed by atoms with Gasteiger partial charge in [-0.2, -0.15) is 0 Å². The fourth-order valence-corrected chi connectivity index (χ4v) is 2.65. The summed E-state index contributed by atoms with van der Waals surface area (Å²) in [4.78, 5) is 0. The number of para-hydroxylation sites is 1. The van der Waals surface area contributed by atoms with Crippen LogP contribution in [-0.2, 0) is 6.42 Å². The fraction of sp³-hybridized carbons (Fsp3) is 0.294. The number of halogens is 1. The van der Waals surface area contributed by atoms with Crippen LogP contribution < -0.4 is 10.1 Å². The van der Waals surface area contributed by atoms with Crippen molar-refractivity contribution in [1.29, 1.82) is 0 Å². The smallest absolute Gasteiger partial charge is 0.165 e. The molecule has 0 aromatic heterocycles. The molecule has 1 N–H and O–H groups in total. The normalized spacial score (nSPS) is 18.2. The van der Waals surface area contributed by atoms with E-state index in [2.05, 4.69) is 18.3 Å². The average Bonchev–Trinajstić information content (AvgIpc) is 2.63. The predicted octanol–water partition coefficient (Wildman–Crippen LogP) is 3.87. The minimum absolute atomic E-state index is 0.271. The van der Waals surface area contributed by atoms with Crippen molar-refractivity contribution in [3.05, 3.63) is 59.4 Å². The first-order valence-corrected chi connectivity index (χ1v) is 7.00. The van der Waals surface area contributed by atoms with Crippen molar-refractivity contribution in [2.45, 2.75) is 19.3 Å². The second kappa shape index (κ2) is 5.63. The molecule has 3 heteroatoms. The molecule has 0 spiro atoms. The molecule has 20 heavy (non-hydrogen) atoms. The molecule has 2 nitrogen and oxygen atoms in total. The Hall–Kier alpha value is -1.87. The van der Waals surface area contributed by atoms with Gasteiger partial charge < -0.3 is 10.1 Å². The highest BCUT2D eigenvalue weighted by Gasteiger charge is 2.15. The molecule has 0 radical (unpaired) electrons. The van der Waals surface area contributed by atoms with Gasteiger partial charge in [-0.3, -0.25) is 0 Å². The zero-order chi connectivity index (χ0) is 13.9. The molecule has 0 bridgehead atoms. The quantitative estimate of drug-likeness (QED) is 0.895. The van der Waals surface area contributed by atoms with Crippen LogP contribution in [0.1, 0.15) is 24.0 Å². The molecular formula is C17H18FNO. The third kappa shape index (κ3) is 2.68. The molecule has 1 unspecified atom stereocenters. The van der Waals surface area contributed by atoms with Gasteiger partial charge in [0.25, 0.3) is 0 Å². The van der Waals surface area contributed by atoms with Crippen molar-refractivity contribution < 1.29 is 9.13 Å². The second-order valence-electron chi connectivity index (χ2n) is 5.25. The first kappa shape index (κ1) is 13.1. The Balaban J connectivity index is 1.89. The highest BCUT2D eigenvalue weighted by Crippen LogP contribution is 2.29. The molecule has 1 atom stereocenters. The summed E-state index contributed by atoms with van der Waals surface area (Å²) in [7, 11) is 0. The summed E-state index contributed by atoms with van der Waals surface area (Å²) >= 11 is 0. The van der Waals surface area contributed by atoms with Crippen LogP contribution >= 0.6 is 0 Å². The van der Waals surface area contributed by atoms with E-state index in [1.165, 1.54) is 17.2 Å². The Labute approximate surface area is 118 Å². The van der Waals surface area contributed by atoms with Gasteiger partial charge in [0.2, 0.25) is 0 Å². The molecular weight excluding hydrogens is 253 g/mol. The van der Waals surface area contributed by atoms with Gasteiger partial charge in [0.15, 0.2) is 11.6 Å². The van der Waals surface area contributed by atoms with Crippen LogP contribution in [0.15, 0.2) is 42.5 Å². The zero-order valence-corrected chi connectivity index (χ0v) is 11.5. The summed E-state index contributed by atoms with van der Waals surface area (Å²) in [6.45, 7) is 4.19. The van der Waals surface area contributed by atoms with Gasteiger partial charge in [-0.25, -0.2) is 4.39 Å². The molecule has 1 aliphatic heterocycles. The van der Waals surface area contributed by atoms with Gasteiger partial charge in [0, 0.05) is 6.54 Å². The summed E-state index contributed by atoms with van der Waals surface area (Å²) in [6, 6.07) is 12.5. The van der Waals surface area contributed by atoms with Gasteiger partial charge in [0.1, 0.15) is 5.75 Å². The maximum absolute atomic E-state index is 13.6. The summed E-state index contributed by atoms with van der Waals surface area (Å²) in [5, 5.41) is 3.42. The van der Waals surface area contributed by atoms with Crippen molar-refractivity contribution in [2.75, 3.05) is 13.1 Å². The van der Waals surface area contributed by atoms with Crippen LogP contribution in [0.4, 0.5) is 4.39 Å². The van der Waals surface area contributed by atoms with Gasteiger partial charge in [0.05, 0.1) is 0 Å². The van der Waals surface area contributed by atoms with Crippen molar-refractivity contribution >= 4 is 0 Å². The van der Waals surface area contributed by atoms with E-state index in [0.29, 0.717) is 11.7 Å². The summed E-state index contributed by atoms with van der Waals surface area (Å²) in [5.74, 6) is 1.13. The number of benzene rings is 2. The molecule has 2 aromatic rings. The van der Waals surface area contributed by atoms with E-state index in [9.17, 15) is 4.39 Å². The second-order valence-corrected chi connectivity index (χ2v) is 5.25. The van der Waals surface area contributed by atoms with Crippen LogP contribution in [0.5, 0.6) is 11.5 Å². The maximum Gasteiger partial charge on any atom is 0.165 e. The number of hydrogen-bond acceptors (Lipinski definition) is 2. The van der Waals surface area contributed by atoms with E-state index in [4.69, 9.17) is 4.74 Å². The minimum Gasteiger partial charge on any atom is -0.454 e. The van der Waals surface area contributed by atoms with Crippen LogP contribution in [0.25, 0.3) is 0 Å². The Morgan fingerprint density at radius 1 is 1.20 bits per heavy atom. The summed E-state index contributed by atoms with van der Waals surface area (Å²) in [6.07, 6.45) is 0.980. The Kier molecular flexibility index (Phi) is 3.70. The SMILES string of the molecule is CC1CNCCc2cc(Oc3ccccc3F)ccc21. The van der Waals surface area contributed by atoms with E-state index < -0.39 is 0 Å². The lowest BCUT2D eigenvalue weighted by Gasteiger charge is -2.14. The summed E-state index contributed by atoms with van der Waals surface area (Å²) < 4.78 is 19.3. The van der Waals surface area contributed by atoms with Crippen LogP contribution in [0, 0.1) is 5.82 Å². The lowest BCUT2D eigenvalue weighted by molar-refractivity contribution is 0.441. The average molecular weight is 271 g/mol. The van der Waals surface area contributed by atoms with E-state index in [0.717, 1.165) is 19.5 Å². The van der Waals surface area contributed by atoms with Crippen molar-refractivity contribution in [3.8, 4) is 11.5 Å². The number of rotatable bonds is 2. The Bertz CT molecular complexity index is 612. The molecule has 0 saturated heterocycles. The lowest BCUT2D eigenvalue weighted by Crippen LogP contribution is -2.18. The van der Waals surface area contributed by atoms with Crippen LogP contribution in [0.3, 0.4) is 0 Å². The van der Waals surface area contributed by atoms with Gasteiger partial charge in [-0.05, 0) is 54.3 Å². The summed E-state index contributed by atoms with van der Waals surface area (Å²) in [5.41, 5.74) is 2.65. The minimum atomic E-state index is -0.336. The van der Waals surface area contributed by atoms with Crippen LogP contribution in [-0.4, -0.2) is 13.1 Å². The zero-order valence-electron chi connectivity index (χ0n) is 11.5.